The molecule has 108 valence electrons. The Labute approximate surface area is 124 Å². The van der Waals surface area contributed by atoms with Crippen LogP contribution < -0.4 is 15.8 Å². The molecule has 6 nitrogen and oxygen atoms in total. The van der Waals surface area contributed by atoms with Crippen molar-refractivity contribution < 1.29 is 19.1 Å². The number of nitrogens with one attached hydrogen (secondary N) is 1. The van der Waals surface area contributed by atoms with Crippen molar-refractivity contribution in [2.75, 3.05) is 24.8 Å². The number of amides is 1. The van der Waals surface area contributed by atoms with Gasteiger partial charge in [0.2, 0.25) is 0 Å². The van der Waals surface area contributed by atoms with Crippen LogP contribution in [0.2, 0.25) is 0 Å². The number of rotatable bonds is 2. The van der Waals surface area contributed by atoms with Crippen LogP contribution in [0, 0.1) is 0 Å². The van der Waals surface area contributed by atoms with Gasteiger partial charge in [0.15, 0.2) is 6.61 Å². The van der Waals surface area contributed by atoms with Crippen LogP contribution in [-0.4, -0.2) is 25.6 Å². The standard InChI is InChI=1S/C14H12N2O4S/c1-19-14(18)12-8(6-21-13(12)15)7-2-3-10-9(4-7)16-11(17)5-20-10/h2-4,6H,5,15H2,1H3,(H,16,17). The normalized spacial score (nSPS) is 13.1. The largest absolute Gasteiger partial charge is 0.482 e. The minimum Gasteiger partial charge on any atom is -0.482 e. The van der Waals surface area contributed by atoms with Crippen LogP contribution >= 0.6 is 11.3 Å². The van der Waals surface area contributed by atoms with E-state index in [1.54, 1.807) is 17.5 Å². The number of nitrogens with two attached hydrogens (primary N) is 1. The van der Waals surface area contributed by atoms with Gasteiger partial charge in [-0.3, -0.25) is 4.79 Å². The molecule has 0 fully saturated rings. The molecule has 0 atom stereocenters. The first-order valence-electron chi connectivity index (χ1n) is 6.12. The first-order valence-corrected chi connectivity index (χ1v) is 7.00. The van der Waals surface area contributed by atoms with Gasteiger partial charge in [-0.1, -0.05) is 6.07 Å². The number of methoxy groups -OCH3 is 1. The molecular formula is C14H12N2O4S. The predicted octanol–water partition coefficient (Wildman–Crippen LogP) is 2.11. The minimum atomic E-state index is -0.484. The molecule has 0 radical (unpaired) electrons. The lowest BCUT2D eigenvalue weighted by molar-refractivity contribution is -0.118. The van der Waals surface area contributed by atoms with Gasteiger partial charge in [0, 0.05) is 10.9 Å². The number of anilines is 2. The summed E-state index contributed by atoms with van der Waals surface area (Å²) >= 11 is 1.27. The van der Waals surface area contributed by atoms with E-state index >= 15 is 0 Å². The van der Waals surface area contributed by atoms with Gasteiger partial charge in [-0.15, -0.1) is 11.3 Å². The smallest absolute Gasteiger partial charge is 0.341 e. The van der Waals surface area contributed by atoms with E-state index in [0.29, 0.717) is 27.6 Å². The summed E-state index contributed by atoms with van der Waals surface area (Å²) < 4.78 is 10.1. The maximum Gasteiger partial charge on any atom is 0.341 e. The zero-order chi connectivity index (χ0) is 15.0. The van der Waals surface area contributed by atoms with Gasteiger partial charge >= 0.3 is 5.97 Å². The summed E-state index contributed by atoms with van der Waals surface area (Å²) in [7, 11) is 1.31. The monoisotopic (exact) mass is 304 g/mol. The third-order valence-electron chi connectivity index (χ3n) is 3.13. The van der Waals surface area contributed by atoms with E-state index in [1.165, 1.54) is 18.4 Å². The molecule has 3 rings (SSSR count). The molecule has 0 unspecified atom stereocenters. The van der Waals surface area contributed by atoms with Crippen LogP contribution in [0.3, 0.4) is 0 Å². The topological polar surface area (TPSA) is 90.6 Å². The second kappa shape index (κ2) is 5.10. The van der Waals surface area contributed by atoms with E-state index in [4.69, 9.17) is 15.2 Å². The van der Waals surface area contributed by atoms with Gasteiger partial charge in [0.25, 0.3) is 5.91 Å². The molecule has 21 heavy (non-hydrogen) atoms. The van der Waals surface area contributed by atoms with Crippen molar-refractivity contribution in [3.05, 3.63) is 29.1 Å². The van der Waals surface area contributed by atoms with Gasteiger partial charge in [-0.25, -0.2) is 4.79 Å². The average molecular weight is 304 g/mol. The molecule has 1 aliphatic heterocycles. The van der Waals surface area contributed by atoms with Crippen LogP contribution in [0.15, 0.2) is 23.6 Å². The minimum absolute atomic E-state index is 0.00512. The van der Waals surface area contributed by atoms with Crippen LogP contribution in [0.1, 0.15) is 10.4 Å². The Bertz CT molecular complexity index is 739. The molecule has 1 amide bonds. The molecule has 0 saturated heterocycles. The molecule has 3 N–H and O–H groups in total. The van der Waals surface area contributed by atoms with E-state index < -0.39 is 5.97 Å². The van der Waals surface area contributed by atoms with Crippen LogP contribution in [0.5, 0.6) is 5.75 Å². The summed E-state index contributed by atoms with van der Waals surface area (Å²) in [6.07, 6.45) is 0. The van der Waals surface area contributed by atoms with Gasteiger partial charge in [0.1, 0.15) is 16.3 Å². The van der Waals surface area contributed by atoms with Gasteiger partial charge in [-0.05, 0) is 17.7 Å². The highest BCUT2D eigenvalue weighted by atomic mass is 32.1. The van der Waals surface area contributed by atoms with E-state index in [0.717, 1.165) is 5.56 Å². The average Bonchev–Trinajstić information content (AvgIpc) is 2.87. The fourth-order valence-electron chi connectivity index (χ4n) is 2.15. The predicted molar refractivity (Wildman–Crippen MR) is 79.6 cm³/mol. The zero-order valence-corrected chi connectivity index (χ0v) is 12.0. The second-order valence-corrected chi connectivity index (χ2v) is 5.34. The van der Waals surface area contributed by atoms with Crippen LogP contribution in [-0.2, 0) is 9.53 Å². The Kier molecular flexibility index (Phi) is 3.26. The fraction of sp³-hybridized carbons (Fsp3) is 0.143. The number of esters is 1. The SMILES string of the molecule is COC(=O)c1c(-c2ccc3c(c2)NC(=O)CO3)csc1N. The van der Waals surface area contributed by atoms with E-state index in [2.05, 4.69) is 5.32 Å². The zero-order valence-electron chi connectivity index (χ0n) is 11.1. The lowest BCUT2D eigenvalue weighted by Gasteiger charge is -2.18. The number of benzene rings is 1. The highest BCUT2D eigenvalue weighted by molar-refractivity contribution is 7.14. The van der Waals surface area contributed by atoms with Crippen molar-refractivity contribution in [3.63, 3.8) is 0 Å². The molecule has 0 bridgehead atoms. The van der Waals surface area contributed by atoms with Crippen molar-refractivity contribution in [2.45, 2.75) is 0 Å². The summed E-state index contributed by atoms with van der Waals surface area (Å²) in [5.74, 6) is -0.0967. The van der Waals surface area contributed by atoms with Crippen molar-refractivity contribution in [2.24, 2.45) is 0 Å². The van der Waals surface area contributed by atoms with Crippen LogP contribution in [0.4, 0.5) is 10.7 Å². The van der Waals surface area contributed by atoms with Crippen LogP contribution in [0.25, 0.3) is 11.1 Å². The quantitative estimate of drug-likeness (QED) is 0.829. The molecule has 0 aliphatic carbocycles. The maximum atomic E-state index is 11.8. The number of carbonyl (C=O) groups excluding carboxylic acids is 2. The third-order valence-corrected chi connectivity index (χ3v) is 3.94. The summed E-state index contributed by atoms with van der Waals surface area (Å²) in [5, 5.41) is 4.92. The number of nitrogen functional groups attached to an aromatic ring is 1. The lowest BCUT2D eigenvalue weighted by atomic mass is 10.0. The highest BCUT2D eigenvalue weighted by Crippen LogP contribution is 2.38. The Hall–Kier alpha value is -2.54. The van der Waals surface area contributed by atoms with E-state index in [-0.39, 0.29) is 12.5 Å². The van der Waals surface area contributed by atoms with Crippen molar-refractivity contribution in [1.82, 2.24) is 0 Å². The summed E-state index contributed by atoms with van der Waals surface area (Å²) in [4.78, 5) is 23.2. The summed E-state index contributed by atoms with van der Waals surface area (Å²) in [6.45, 7) is 0.00512. The Morgan fingerprint density at radius 1 is 1.48 bits per heavy atom. The molecular weight excluding hydrogens is 292 g/mol. The Morgan fingerprint density at radius 3 is 3.05 bits per heavy atom. The molecule has 2 heterocycles. The summed E-state index contributed by atoms with van der Waals surface area (Å²) in [5.41, 5.74) is 8.18. The molecule has 0 saturated carbocycles. The highest BCUT2D eigenvalue weighted by Gasteiger charge is 2.21. The molecule has 2 aromatic rings. The van der Waals surface area contributed by atoms with Crippen molar-refractivity contribution >= 4 is 33.9 Å². The number of hydrogen-bond donors (Lipinski definition) is 2. The second-order valence-electron chi connectivity index (χ2n) is 4.43. The molecule has 1 aliphatic rings. The number of ether oxygens (including phenoxy) is 2. The van der Waals surface area contributed by atoms with Gasteiger partial charge < -0.3 is 20.5 Å². The molecule has 0 spiro atoms. The number of fused-ring (bicyclic) bond motifs is 1. The third kappa shape index (κ3) is 2.31. The fourth-order valence-corrected chi connectivity index (χ4v) is 2.96. The number of hydrogen-bond acceptors (Lipinski definition) is 6. The van der Waals surface area contributed by atoms with E-state index in [1.807, 2.05) is 6.07 Å². The maximum absolute atomic E-state index is 11.8. The molecule has 1 aromatic heterocycles. The van der Waals surface area contributed by atoms with Gasteiger partial charge in [-0.2, -0.15) is 0 Å². The van der Waals surface area contributed by atoms with Crippen molar-refractivity contribution in [1.29, 1.82) is 0 Å². The lowest BCUT2D eigenvalue weighted by Crippen LogP contribution is -2.25. The Balaban J connectivity index is 2.08. The number of thiophene rings is 1. The molecule has 7 heteroatoms. The number of carbonyl (C=O) groups is 2. The molecule has 1 aromatic carbocycles. The summed E-state index contributed by atoms with van der Waals surface area (Å²) in [6, 6.07) is 5.31. The van der Waals surface area contributed by atoms with Crippen molar-refractivity contribution in [3.8, 4) is 16.9 Å². The Morgan fingerprint density at radius 2 is 2.29 bits per heavy atom. The van der Waals surface area contributed by atoms with Gasteiger partial charge in [0.05, 0.1) is 12.8 Å². The first kappa shape index (κ1) is 13.4. The first-order chi connectivity index (χ1) is 10.1. The van der Waals surface area contributed by atoms with E-state index in [9.17, 15) is 9.59 Å².